The largest absolute Gasteiger partial charge is 0.480 e. The minimum absolute atomic E-state index is 0.151. The van der Waals surface area contributed by atoms with Crippen LogP contribution in [-0.2, 0) is 20.5 Å². The highest BCUT2D eigenvalue weighted by Gasteiger charge is 2.33. The summed E-state index contributed by atoms with van der Waals surface area (Å²) in [5.74, 6) is -0.810. The lowest BCUT2D eigenvalue weighted by Crippen LogP contribution is -2.56. The van der Waals surface area contributed by atoms with Gasteiger partial charge in [0.05, 0.1) is 12.1 Å². The monoisotopic (exact) mass is 440 g/mol. The van der Waals surface area contributed by atoms with Crippen LogP contribution in [0.25, 0.3) is 0 Å². The maximum absolute atomic E-state index is 13.3. The molecule has 0 radical (unpaired) electrons. The Balaban J connectivity index is 2.20. The first-order valence-corrected chi connectivity index (χ1v) is 11.0. The molecule has 1 aromatic heterocycles. The number of nitrogens with zero attached hydrogens (tertiary/aromatic N) is 2. The fraction of sp³-hybridized carbons (Fsp3) is 0.478. The topological polar surface area (TPSA) is 102 Å². The summed E-state index contributed by atoms with van der Waals surface area (Å²) in [6.45, 7) is 6.69. The van der Waals surface area contributed by atoms with Gasteiger partial charge in [-0.1, -0.05) is 51.1 Å². The molecule has 1 aromatic carbocycles. The molecule has 0 aliphatic rings. The third-order valence-corrected chi connectivity index (χ3v) is 4.80. The van der Waals surface area contributed by atoms with E-state index in [0.29, 0.717) is 25.4 Å². The van der Waals surface area contributed by atoms with Gasteiger partial charge in [0.2, 0.25) is 5.91 Å². The van der Waals surface area contributed by atoms with Gasteiger partial charge in [-0.25, -0.2) is 4.98 Å². The maximum atomic E-state index is 13.3. The van der Waals surface area contributed by atoms with Crippen LogP contribution in [-0.4, -0.2) is 54.6 Å². The number of aromatic nitrogens is 2. The summed E-state index contributed by atoms with van der Waals surface area (Å²) in [6, 6.07) is 8.74. The van der Waals surface area contributed by atoms with Crippen molar-refractivity contribution in [2.75, 3.05) is 13.7 Å². The van der Waals surface area contributed by atoms with Gasteiger partial charge in [0.25, 0.3) is 5.91 Å². The molecule has 0 saturated carbocycles. The zero-order chi connectivity index (χ0) is 23.3. The first kappa shape index (κ1) is 25.5. The molecular weight excluding hydrogens is 407 g/mol. The number of hydrogen-bond donors (Lipinski definition) is 2. The quantitative estimate of drug-likeness (QED) is 0.464. The Morgan fingerprint density at radius 2 is 1.88 bits per heavy atom. The van der Waals surface area contributed by atoms with Crippen LogP contribution in [0.15, 0.2) is 48.9 Å². The highest BCUT2D eigenvalue weighted by atomic mass is 16.6. The number of carbonyl (C=O) groups excluding carboxylic acids is 2. The number of hydrogen-bond acceptors (Lipinski definition) is 6. The van der Waals surface area contributed by atoms with Crippen molar-refractivity contribution in [2.24, 2.45) is 5.92 Å². The van der Waals surface area contributed by atoms with Crippen molar-refractivity contribution in [3.05, 3.63) is 60.2 Å². The van der Waals surface area contributed by atoms with E-state index < -0.39 is 19.1 Å². The summed E-state index contributed by atoms with van der Waals surface area (Å²) in [5, 5.41) is 5.85. The predicted molar refractivity (Wildman–Crippen MR) is 124 cm³/mol. The molecule has 1 heterocycles. The summed E-state index contributed by atoms with van der Waals surface area (Å²) in [7, 11) is 0.992. The molecule has 0 aliphatic heterocycles. The van der Waals surface area contributed by atoms with Gasteiger partial charge in [-0.3, -0.25) is 14.6 Å². The Hall–Kier alpha value is -2.78. The van der Waals surface area contributed by atoms with Crippen molar-refractivity contribution < 1.29 is 18.9 Å². The average molecular weight is 440 g/mol. The molecule has 0 fully saturated rings. The van der Waals surface area contributed by atoms with Crippen molar-refractivity contribution >= 4 is 18.9 Å². The van der Waals surface area contributed by atoms with Gasteiger partial charge in [0.15, 0.2) is 0 Å². The minimum atomic E-state index is -0.801. The van der Waals surface area contributed by atoms with E-state index in [9.17, 15) is 9.59 Å². The number of amides is 2. The van der Waals surface area contributed by atoms with Crippen LogP contribution in [0.1, 0.15) is 49.7 Å². The van der Waals surface area contributed by atoms with Gasteiger partial charge in [-0.2, -0.15) is 0 Å². The summed E-state index contributed by atoms with van der Waals surface area (Å²) in [6.07, 6.45) is 6.14. The molecule has 2 aromatic rings. The van der Waals surface area contributed by atoms with E-state index in [1.165, 1.54) is 18.6 Å². The second-order valence-electron chi connectivity index (χ2n) is 8.03. The van der Waals surface area contributed by atoms with Gasteiger partial charge in [-0.15, -0.1) is 0 Å². The zero-order valence-corrected chi connectivity index (χ0v) is 19.3. The molecule has 0 aliphatic carbocycles. The van der Waals surface area contributed by atoms with Gasteiger partial charge in [-0.05, 0) is 24.3 Å². The molecule has 8 nitrogen and oxygen atoms in total. The molecule has 2 atom stereocenters. The van der Waals surface area contributed by atoms with Gasteiger partial charge in [0.1, 0.15) is 11.7 Å². The van der Waals surface area contributed by atoms with E-state index in [1.54, 1.807) is 7.11 Å². The van der Waals surface area contributed by atoms with Gasteiger partial charge in [0, 0.05) is 32.5 Å². The first-order chi connectivity index (χ1) is 15.4. The lowest BCUT2D eigenvalue weighted by molar-refractivity contribution is -0.123. The molecule has 2 N–H and O–H groups in total. The van der Waals surface area contributed by atoms with E-state index in [1.807, 2.05) is 37.3 Å². The van der Waals surface area contributed by atoms with Crippen LogP contribution in [0.3, 0.4) is 0 Å². The fourth-order valence-corrected chi connectivity index (χ4v) is 3.32. The van der Waals surface area contributed by atoms with E-state index in [-0.39, 0.29) is 17.5 Å². The fourth-order valence-electron chi connectivity index (χ4n) is 3.32. The van der Waals surface area contributed by atoms with Crippen LogP contribution in [0.5, 0.6) is 0 Å². The van der Waals surface area contributed by atoms with Crippen molar-refractivity contribution in [3.8, 4) is 0 Å². The third kappa shape index (κ3) is 8.40. The Morgan fingerprint density at radius 3 is 2.47 bits per heavy atom. The number of rotatable bonds is 13. The summed E-state index contributed by atoms with van der Waals surface area (Å²) < 4.78 is 11.3. The highest BCUT2D eigenvalue weighted by Crippen LogP contribution is 2.12. The second-order valence-corrected chi connectivity index (χ2v) is 8.03. The Kier molecular flexibility index (Phi) is 10.8. The first-order valence-electron chi connectivity index (χ1n) is 11.0. The molecule has 9 heteroatoms. The normalized spacial score (nSPS) is 12.8. The lowest BCUT2D eigenvalue weighted by atomic mass is 9.73. The SMILES string of the molecule is CCCOB(OC)[C@H](CC(C)C)NC(=O)[C@H](Cc1ccccc1)NC(=O)c1cnccn1. The molecule has 0 spiro atoms. The van der Waals surface area contributed by atoms with Crippen LogP contribution < -0.4 is 10.6 Å². The molecule has 2 amide bonds. The lowest BCUT2D eigenvalue weighted by Gasteiger charge is -2.27. The maximum Gasteiger partial charge on any atom is 0.480 e. The molecule has 0 bridgehead atoms. The summed E-state index contributed by atoms with van der Waals surface area (Å²) >= 11 is 0. The van der Waals surface area contributed by atoms with Gasteiger partial charge < -0.3 is 19.9 Å². The number of nitrogens with one attached hydrogen (secondary N) is 2. The van der Waals surface area contributed by atoms with Gasteiger partial charge >= 0.3 is 7.12 Å². The van der Waals surface area contributed by atoms with Crippen molar-refractivity contribution in [1.82, 2.24) is 20.6 Å². The van der Waals surface area contributed by atoms with Crippen LogP contribution in [0, 0.1) is 5.92 Å². The molecule has 172 valence electrons. The van der Waals surface area contributed by atoms with Crippen LogP contribution >= 0.6 is 0 Å². The zero-order valence-electron chi connectivity index (χ0n) is 19.3. The number of benzene rings is 1. The Labute approximate surface area is 190 Å². The van der Waals surface area contributed by atoms with Crippen molar-refractivity contribution in [1.29, 1.82) is 0 Å². The van der Waals surface area contributed by atoms with Crippen molar-refractivity contribution in [2.45, 2.75) is 52.0 Å². The van der Waals surface area contributed by atoms with E-state index >= 15 is 0 Å². The molecular formula is C23H33BN4O4. The molecule has 0 unspecified atom stereocenters. The van der Waals surface area contributed by atoms with E-state index in [0.717, 1.165) is 12.0 Å². The number of carbonyl (C=O) groups is 2. The molecule has 2 rings (SSSR count). The average Bonchev–Trinajstić information content (AvgIpc) is 2.79. The van der Waals surface area contributed by atoms with E-state index in [2.05, 4.69) is 34.4 Å². The third-order valence-electron chi connectivity index (χ3n) is 4.80. The molecule has 32 heavy (non-hydrogen) atoms. The second kappa shape index (κ2) is 13.6. The smallest absolute Gasteiger partial charge is 0.413 e. The Bertz CT molecular complexity index is 823. The van der Waals surface area contributed by atoms with E-state index in [4.69, 9.17) is 9.31 Å². The van der Waals surface area contributed by atoms with Crippen LogP contribution in [0.4, 0.5) is 0 Å². The Morgan fingerprint density at radius 1 is 1.12 bits per heavy atom. The summed E-state index contributed by atoms with van der Waals surface area (Å²) in [5.41, 5.74) is 1.08. The summed E-state index contributed by atoms with van der Waals surface area (Å²) in [4.78, 5) is 34.0. The highest BCUT2D eigenvalue weighted by molar-refractivity contribution is 6.46. The standard InChI is InChI=1S/C23H33BN4O4/c1-5-13-32-24(31-4)21(14-17(2)3)28-22(29)19(15-18-9-7-6-8-10-18)27-23(30)20-16-25-11-12-26-20/h6-12,16-17,19,21H,5,13-15H2,1-4H3,(H,27,30)(H,28,29)/t19-,21-/m0/s1. The van der Waals surface area contributed by atoms with Crippen molar-refractivity contribution in [3.63, 3.8) is 0 Å². The minimum Gasteiger partial charge on any atom is -0.413 e. The predicted octanol–water partition coefficient (Wildman–Crippen LogP) is 2.45. The van der Waals surface area contributed by atoms with Crippen LogP contribution in [0.2, 0.25) is 0 Å². The molecule has 0 saturated heterocycles.